The van der Waals surface area contributed by atoms with Crippen LogP contribution < -0.4 is 0 Å². The van der Waals surface area contributed by atoms with Crippen molar-refractivity contribution in [3.63, 3.8) is 0 Å². The monoisotopic (exact) mass is 314 g/mol. The highest BCUT2D eigenvalue weighted by molar-refractivity contribution is 4.97. The molecule has 0 aromatic rings. The van der Waals surface area contributed by atoms with Gasteiger partial charge >= 0.3 is 0 Å². The molecule has 0 radical (unpaired) electrons. The van der Waals surface area contributed by atoms with Crippen LogP contribution in [0.25, 0.3) is 0 Å². The Labute approximate surface area is 120 Å². The van der Waals surface area contributed by atoms with Gasteiger partial charge in [0, 0.05) is 0 Å². The van der Waals surface area contributed by atoms with Crippen molar-refractivity contribution < 1.29 is 50.7 Å². The first kappa shape index (κ1) is 18.6. The standard InChI is InChI=1S/C11H22O10/c12-1-3(14)5(15)7(17)9(19)11-10(20)8(18)6(16)4(2-13)21-11/h3-20H,1-2H2/t3-,4-,5-,6-,7-,8+,9?,10+,11?/m1/s1. The van der Waals surface area contributed by atoms with Crippen LogP contribution in [0.2, 0.25) is 0 Å². The van der Waals surface area contributed by atoms with Crippen molar-refractivity contribution >= 4 is 0 Å². The summed E-state index contributed by atoms with van der Waals surface area (Å²) < 4.78 is 5.00. The van der Waals surface area contributed by atoms with Gasteiger partial charge in [-0.25, -0.2) is 0 Å². The SMILES string of the molecule is OC[C@@H](O)[C@@H](O)[C@@H](O)C(O)C1O[C@H](CO)[C@@H](O)[C@H](O)[C@@H]1O. The molecule has 1 aliphatic heterocycles. The zero-order chi connectivity index (χ0) is 16.3. The van der Waals surface area contributed by atoms with Gasteiger partial charge < -0.3 is 50.7 Å². The van der Waals surface area contributed by atoms with Gasteiger partial charge in [-0.2, -0.15) is 0 Å². The summed E-state index contributed by atoms with van der Waals surface area (Å²) in [5.74, 6) is 0. The number of hydrogen-bond donors (Lipinski definition) is 9. The summed E-state index contributed by atoms with van der Waals surface area (Å²) in [6, 6.07) is 0. The molecule has 0 aromatic heterocycles. The van der Waals surface area contributed by atoms with E-state index in [1.807, 2.05) is 0 Å². The van der Waals surface area contributed by atoms with E-state index in [2.05, 4.69) is 0 Å². The second kappa shape index (κ2) is 7.74. The highest BCUT2D eigenvalue weighted by atomic mass is 16.6. The van der Waals surface area contributed by atoms with Crippen molar-refractivity contribution in [3.05, 3.63) is 0 Å². The first-order chi connectivity index (χ1) is 9.76. The molecule has 10 heteroatoms. The van der Waals surface area contributed by atoms with Crippen molar-refractivity contribution in [3.8, 4) is 0 Å². The lowest BCUT2D eigenvalue weighted by molar-refractivity contribution is -0.263. The smallest absolute Gasteiger partial charge is 0.115 e. The van der Waals surface area contributed by atoms with Crippen LogP contribution in [0, 0.1) is 0 Å². The van der Waals surface area contributed by atoms with Gasteiger partial charge in [-0.1, -0.05) is 0 Å². The topological polar surface area (TPSA) is 191 Å². The normalized spacial score (nSPS) is 39.6. The second-order valence-corrected chi connectivity index (χ2v) is 5.02. The quantitative estimate of drug-likeness (QED) is 0.228. The third-order valence-electron chi connectivity index (χ3n) is 3.55. The average molecular weight is 314 g/mol. The van der Waals surface area contributed by atoms with E-state index in [4.69, 9.17) is 14.9 Å². The molecule has 9 atom stereocenters. The van der Waals surface area contributed by atoms with E-state index in [9.17, 15) is 35.7 Å². The van der Waals surface area contributed by atoms with E-state index < -0.39 is 68.1 Å². The van der Waals surface area contributed by atoms with E-state index in [1.54, 1.807) is 0 Å². The van der Waals surface area contributed by atoms with Crippen LogP contribution in [0.1, 0.15) is 0 Å². The Balaban J connectivity index is 2.82. The molecule has 0 aliphatic carbocycles. The highest BCUT2D eigenvalue weighted by Gasteiger charge is 2.48. The van der Waals surface area contributed by atoms with Crippen LogP contribution in [-0.2, 0) is 4.74 Å². The molecular formula is C11H22O10. The molecule has 1 fully saturated rings. The number of aliphatic hydroxyl groups excluding tert-OH is 9. The molecule has 0 amide bonds. The van der Waals surface area contributed by atoms with E-state index in [0.29, 0.717) is 0 Å². The largest absolute Gasteiger partial charge is 0.394 e. The molecule has 0 bridgehead atoms. The Morgan fingerprint density at radius 1 is 0.810 bits per heavy atom. The molecule has 0 aromatic carbocycles. The summed E-state index contributed by atoms with van der Waals surface area (Å²) in [4.78, 5) is 0. The van der Waals surface area contributed by atoms with Gasteiger partial charge in [-0.15, -0.1) is 0 Å². The third-order valence-corrected chi connectivity index (χ3v) is 3.55. The fourth-order valence-corrected chi connectivity index (χ4v) is 2.14. The summed E-state index contributed by atoms with van der Waals surface area (Å²) in [5.41, 5.74) is 0. The summed E-state index contributed by atoms with van der Waals surface area (Å²) >= 11 is 0. The molecule has 1 aliphatic rings. The maximum absolute atomic E-state index is 9.88. The van der Waals surface area contributed by atoms with Crippen molar-refractivity contribution in [2.45, 2.75) is 54.9 Å². The van der Waals surface area contributed by atoms with Crippen LogP contribution in [-0.4, -0.2) is 114 Å². The fraction of sp³-hybridized carbons (Fsp3) is 1.00. The number of hydrogen-bond acceptors (Lipinski definition) is 10. The maximum Gasteiger partial charge on any atom is 0.115 e. The zero-order valence-corrected chi connectivity index (χ0v) is 11.0. The first-order valence-electron chi connectivity index (χ1n) is 6.39. The number of rotatable bonds is 6. The Morgan fingerprint density at radius 3 is 1.86 bits per heavy atom. The molecule has 1 rings (SSSR count). The van der Waals surface area contributed by atoms with Gasteiger partial charge in [0.15, 0.2) is 0 Å². The molecule has 0 spiro atoms. The van der Waals surface area contributed by atoms with Gasteiger partial charge in [0.1, 0.15) is 54.9 Å². The summed E-state index contributed by atoms with van der Waals surface area (Å²) in [5, 5.41) is 84.8. The Morgan fingerprint density at radius 2 is 1.38 bits per heavy atom. The minimum atomic E-state index is -2.01. The lowest BCUT2D eigenvalue weighted by Gasteiger charge is -2.43. The minimum absolute atomic E-state index is 0.716. The Kier molecular flexibility index (Phi) is 6.87. The molecule has 9 N–H and O–H groups in total. The van der Waals surface area contributed by atoms with Gasteiger partial charge in [0.2, 0.25) is 0 Å². The number of ether oxygens (including phenoxy) is 1. The van der Waals surface area contributed by atoms with Crippen molar-refractivity contribution in [2.24, 2.45) is 0 Å². The Hall–Kier alpha value is -0.400. The molecule has 21 heavy (non-hydrogen) atoms. The van der Waals surface area contributed by atoms with Crippen LogP contribution in [0.4, 0.5) is 0 Å². The van der Waals surface area contributed by atoms with Crippen LogP contribution in [0.15, 0.2) is 0 Å². The second-order valence-electron chi connectivity index (χ2n) is 5.02. The van der Waals surface area contributed by atoms with Gasteiger partial charge in [-0.05, 0) is 0 Å². The van der Waals surface area contributed by atoms with Gasteiger partial charge in [-0.3, -0.25) is 0 Å². The minimum Gasteiger partial charge on any atom is -0.394 e. The van der Waals surface area contributed by atoms with Crippen LogP contribution in [0.3, 0.4) is 0 Å². The van der Waals surface area contributed by atoms with Crippen LogP contribution in [0.5, 0.6) is 0 Å². The van der Waals surface area contributed by atoms with Crippen molar-refractivity contribution in [2.75, 3.05) is 13.2 Å². The zero-order valence-electron chi connectivity index (χ0n) is 11.0. The van der Waals surface area contributed by atoms with E-state index in [-0.39, 0.29) is 0 Å². The van der Waals surface area contributed by atoms with Crippen molar-refractivity contribution in [1.29, 1.82) is 0 Å². The predicted molar refractivity (Wildman–Crippen MR) is 64.9 cm³/mol. The molecule has 126 valence electrons. The molecular weight excluding hydrogens is 292 g/mol. The Bertz CT molecular complexity index is 313. The predicted octanol–water partition coefficient (Wildman–Crippen LogP) is -5.74. The van der Waals surface area contributed by atoms with Crippen LogP contribution >= 0.6 is 0 Å². The molecule has 2 unspecified atom stereocenters. The summed E-state index contributed by atoms with van der Waals surface area (Å²) in [6.07, 6.45) is -15.7. The fourth-order valence-electron chi connectivity index (χ4n) is 2.14. The lowest BCUT2D eigenvalue weighted by atomic mass is 9.88. The third kappa shape index (κ3) is 3.87. The molecule has 0 saturated carbocycles. The maximum atomic E-state index is 9.88. The average Bonchev–Trinajstić information content (AvgIpc) is 2.50. The van der Waals surface area contributed by atoms with Gasteiger partial charge in [0.25, 0.3) is 0 Å². The van der Waals surface area contributed by atoms with E-state index >= 15 is 0 Å². The summed E-state index contributed by atoms with van der Waals surface area (Å²) in [6.45, 7) is -1.59. The molecule has 1 heterocycles. The van der Waals surface area contributed by atoms with E-state index in [0.717, 1.165) is 0 Å². The first-order valence-corrected chi connectivity index (χ1v) is 6.39. The molecule has 10 nitrogen and oxygen atoms in total. The number of aliphatic hydroxyl groups is 9. The van der Waals surface area contributed by atoms with Crippen molar-refractivity contribution in [1.82, 2.24) is 0 Å². The van der Waals surface area contributed by atoms with E-state index in [1.165, 1.54) is 0 Å². The molecule has 1 saturated heterocycles. The van der Waals surface area contributed by atoms with Gasteiger partial charge in [0.05, 0.1) is 13.2 Å². The summed E-state index contributed by atoms with van der Waals surface area (Å²) in [7, 11) is 0. The highest BCUT2D eigenvalue weighted by Crippen LogP contribution is 2.25. The lowest BCUT2D eigenvalue weighted by Crippen LogP contribution is -2.64.